The Morgan fingerprint density at radius 3 is 3.00 bits per heavy atom. The molecule has 2 rings (SSSR count). The molecule has 5 heteroatoms. The van der Waals surface area contributed by atoms with E-state index >= 15 is 0 Å². The maximum Gasteiger partial charge on any atom is 0.175 e. The number of ether oxygens (including phenoxy) is 2. The van der Waals surface area contributed by atoms with Crippen molar-refractivity contribution in [2.45, 2.75) is 19.4 Å². The summed E-state index contributed by atoms with van der Waals surface area (Å²) >= 11 is 5.45. The number of thioether (sulfide) groups is 1. The molecule has 0 aliphatic carbocycles. The maximum absolute atomic E-state index is 5.73. The molecule has 0 fully saturated rings. The molecule has 3 nitrogen and oxygen atoms in total. The Labute approximate surface area is 127 Å². The van der Waals surface area contributed by atoms with Crippen molar-refractivity contribution in [3.05, 3.63) is 22.2 Å². The smallest absolute Gasteiger partial charge is 0.175 e. The van der Waals surface area contributed by atoms with Crippen LogP contribution in [0.4, 0.5) is 0 Å². The van der Waals surface area contributed by atoms with Crippen molar-refractivity contribution in [2.24, 2.45) is 0 Å². The van der Waals surface area contributed by atoms with Crippen LogP contribution in [0.2, 0.25) is 0 Å². The van der Waals surface area contributed by atoms with Crippen LogP contribution in [0.3, 0.4) is 0 Å². The highest BCUT2D eigenvalue weighted by molar-refractivity contribution is 9.10. The quantitative estimate of drug-likeness (QED) is 0.800. The number of fused-ring (bicyclic) bond motifs is 1. The molecule has 19 heavy (non-hydrogen) atoms. The number of benzene rings is 1. The van der Waals surface area contributed by atoms with Crippen LogP contribution in [0.1, 0.15) is 18.4 Å². The van der Waals surface area contributed by atoms with E-state index in [2.05, 4.69) is 39.6 Å². The van der Waals surface area contributed by atoms with Gasteiger partial charge >= 0.3 is 0 Å². The van der Waals surface area contributed by atoms with Gasteiger partial charge in [-0.15, -0.1) is 0 Å². The van der Waals surface area contributed by atoms with Crippen molar-refractivity contribution in [3.63, 3.8) is 0 Å². The number of hydrogen-bond acceptors (Lipinski definition) is 4. The molecular formula is C14H20BrNO2S. The van der Waals surface area contributed by atoms with Crippen molar-refractivity contribution in [3.8, 4) is 11.5 Å². The predicted octanol–water partition coefficient (Wildman–Crippen LogP) is 3.45. The second-order valence-electron chi connectivity index (χ2n) is 4.48. The maximum atomic E-state index is 5.73. The lowest BCUT2D eigenvalue weighted by molar-refractivity contribution is 0.296. The molecule has 1 aliphatic heterocycles. The summed E-state index contributed by atoms with van der Waals surface area (Å²) in [5.41, 5.74) is 1.22. The number of rotatable bonds is 6. The SMILES string of the molecule is CSCCCNCc1cc(Br)c2c(c1)OCCCO2. The van der Waals surface area contributed by atoms with Gasteiger partial charge in [-0.25, -0.2) is 0 Å². The highest BCUT2D eigenvalue weighted by Crippen LogP contribution is 2.38. The van der Waals surface area contributed by atoms with E-state index in [1.165, 1.54) is 17.7 Å². The summed E-state index contributed by atoms with van der Waals surface area (Å²) in [6.07, 6.45) is 4.27. The van der Waals surface area contributed by atoms with Gasteiger partial charge in [-0.1, -0.05) is 0 Å². The molecule has 1 aromatic carbocycles. The monoisotopic (exact) mass is 345 g/mol. The van der Waals surface area contributed by atoms with E-state index in [0.717, 1.165) is 48.7 Å². The summed E-state index contributed by atoms with van der Waals surface area (Å²) in [4.78, 5) is 0. The fourth-order valence-corrected chi connectivity index (χ4v) is 3.00. The van der Waals surface area contributed by atoms with Gasteiger partial charge in [-0.3, -0.25) is 0 Å². The molecule has 0 amide bonds. The third-order valence-electron chi connectivity index (χ3n) is 2.89. The van der Waals surface area contributed by atoms with E-state index in [4.69, 9.17) is 9.47 Å². The lowest BCUT2D eigenvalue weighted by Gasteiger charge is -2.12. The highest BCUT2D eigenvalue weighted by Gasteiger charge is 2.14. The minimum atomic E-state index is 0.720. The minimum Gasteiger partial charge on any atom is -0.490 e. The molecule has 0 radical (unpaired) electrons. The molecule has 0 saturated carbocycles. The Balaban J connectivity index is 1.94. The second-order valence-corrected chi connectivity index (χ2v) is 6.32. The Hall–Kier alpha value is -0.390. The topological polar surface area (TPSA) is 30.5 Å². The number of halogens is 1. The van der Waals surface area contributed by atoms with E-state index in [0.29, 0.717) is 0 Å². The Bertz CT molecular complexity index is 415. The molecule has 0 atom stereocenters. The minimum absolute atomic E-state index is 0.720. The zero-order chi connectivity index (χ0) is 13.5. The Kier molecular flexibility index (Phi) is 6.34. The highest BCUT2D eigenvalue weighted by atomic mass is 79.9. The number of nitrogens with one attached hydrogen (secondary N) is 1. The summed E-state index contributed by atoms with van der Waals surface area (Å²) < 4.78 is 12.4. The van der Waals surface area contributed by atoms with E-state index in [1.807, 2.05) is 11.8 Å². The zero-order valence-corrected chi connectivity index (χ0v) is 13.6. The third-order valence-corrected chi connectivity index (χ3v) is 4.18. The molecular weight excluding hydrogens is 326 g/mol. The van der Waals surface area contributed by atoms with Crippen molar-refractivity contribution in [2.75, 3.05) is 31.8 Å². The van der Waals surface area contributed by atoms with Gasteiger partial charge in [0, 0.05) is 13.0 Å². The van der Waals surface area contributed by atoms with E-state index in [9.17, 15) is 0 Å². The summed E-state index contributed by atoms with van der Waals surface area (Å²) in [7, 11) is 0. The van der Waals surface area contributed by atoms with E-state index < -0.39 is 0 Å². The average molecular weight is 346 g/mol. The van der Waals surface area contributed by atoms with E-state index in [-0.39, 0.29) is 0 Å². The van der Waals surface area contributed by atoms with Crippen molar-refractivity contribution < 1.29 is 9.47 Å². The van der Waals surface area contributed by atoms with Gasteiger partial charge in [0.2, 0.25) is 0 Å². The first-order valence-corrected chi connectivity index (χ1v) is 8.77. The van der Waals surface area contributed by atoms with Crippen molar-refractivity contribution >= 4 is 27.7 Å². The molecule has 1 heterocycles. The van der Waals surface area contributed by atoms with Crippen LogP contribution in [0.5, 0.6) is 11.5 Å². The standard InChI is InChI=1S/C14H20BrNO2S/c1-19-7-2-4-16-10-11-8-12(15)14-13(9-11)17-5-3-6-18-14/h8-9,16H,2-7,10H2,1H3. The van der Waals surface area contributed by atoms with Gasteiger partial charge in [-0.05, 0) is 58.6 Å². The van der Waals surface area contributed by atoms with Crippen molar-refractivity contribution in [1.29, 1.82) is 0 Å². The molecule has 1 aromatic rings. The number of hydrogen-bond donors (Lipinski definition) is 1. The zero-order valence-electron chi connectivity index (χ0n) is 11.2. The molecule has 0 unspecified atom stereocenters. The van der Waals surface area contributed by atoms with Crippen LogP contribution in [-0.4, -0.2) is 31.8 Å². The van der Waals surface area contributed by atoms with Crippen LogP contribution in [0, 0.1) is 0 Å². The third kappa shape index (κ3) is 4.58. The van der Waals surface area contributed by atoms with Crippen LogP contribution >= 0.6 is 27.7 Å². The molecule has 0 saturated heterocycles. The van der Waals surface area contributed by atoms with Gasteiger partial charge in [0.05, 0.1) is 17.7 Å². The van der Waals surface area contributed by atoms with Gasteiger partial charge in [0.1, 0.15) is 0 Å². The van der Waals surface area contributed by atoms with Crippen LogP contribution in [-0.2, 0) is 6.54 Å². The van der Waals surface area contributed by atoms with Crippen LogP contribution in [0.15, 0.2) is 16.6 Å². The normalized spacial score (nSPS) is 14.2. The lowest BCUT2D eigenvalue weighted by atomic mass is 10.2. The molecule has 0 bridgehead atoms. The molecule has 1 aliphatic rings. The average Bonchev–Trinajstić information content (AvgIpc) is 2.64. The summed E-state index contributed by atoms with van der Waals surface area (Å²) in [6, 6.07) is 4.18. The van der Waals surface area contributed by atoms with Gasteiger partial charge in [0.15, 0.2) is 11.5 Å². The molecule has 0 aromatic heterocycles. The second kappa shape index (κ2) is 8.02. The molecule has 1 N–H and O–H groups in total. The van der Waals surface area contributed by atoms with Gasteiger partial charge < -0.3 is 14.8 Å². The first-order chi connectivity index (χ1) is 9.31. The summed E-state index contributed by atoms with van der Waals surface area (Å²) in [6.45, 7) is 3.36. The molecule has 106 valence electrons. The fraction of sp³-hybridized carbons (Fsp3) is 0.571. The molecule has 0 spiro atoms. The van der Waals surface area contributed by atoms with Crippen LogP contribution in [0.25, 0.3) is 0 Å². The lowest BCUT2D eigenvalue weighted by Crippen LogP contribution is -2.15. The van der Waals surface area contributed by atoms with Crippen LogP contribution < -0.4 is 14.8 Å². The Morgan fingerprint density at radius 1 is 1.32 bits per heavy atom. The summed E-state index contributed by atoms with van der Waals surface area (Å²) in [5, 5.41) is 3.46. The fourth-order valence-electron chi connectivity index (χ4n) is 1.96. The first kappa shape index (κ1) is 15.0. The van der Waals surface area contributed by atoms with Gasteiger partial charge in [0.25, 0.3) is 0 Å². The largest absolute Gasteiger partial charge is 0.490 e. The van der Waals surface area contributed by atoms with Crippen molar-refractivity contribution in [1.82, 2.24) is 5.32 Å². The predicted molar refractivity (Wildman–Crippen MR) is 84.5 cm³/mol. The van der Waals surface area contributed by atoms with Gasteiger partial charge in [-0.2, -0.15) is 11.8 Å². The summed E-state index contributed by atoms with van der Waals surface area (Å²) in [5.74, 6) is 2.90. The van der Waals surface area contributed by atoms with E-state index in [1.54, 1.807) is 0 Å². The first-order valence-electron chi connectivity index (χ1n) is 6.59. The Morgan fingerprint density at radius 2 is 2.16 bits per heavy atom.